The molecule has 5 heteroatoms. The Morgan fingerprint density at radius 1 is 1.28 bits per heavy atom. The van der Waals surface area contributed by atoms with Gasteiger partial charge >= 0.3 is 0 Å². The molecule has 25 heavy (non-hydrogen) atoms. The third-order valence-corrected chi connectivity index (χ3v) is 7.65. The molecule has 1 aliphatic heterocycles. The van der Waals surface area contributed by atoms with Gasteiger partial charge in [-0.3, -0.25) is 4.79 Å². The van der Waals surface area contributed by atoms with Gasteiger partial charge in [0.1, 0.15) is 6.04 Å². The molecule has 0 aromatic carbocycles. The lowest BCUT2D eigenvalue weighted by molar-refractivity contribution is -0.140. The van der Waals surface area contributed by atoms with Crippen LogP contribution in [-0.4, -0.2) is 39.6 Å². The largest absolute Gasteiger partial charge is 0.390 e. The maximum Gasteiger partial charge on any atom is 0.241 e. The molecular weight excluding hydrogens is 314 g/mol. The van der Waals surface area contributed by atoms with E-state index in [1.165, 1.54) is 0 Å². The Hall–Kier alpha value is -1.12. The molecule has 5 unspecified atom stereocenters. The van der Waals surface area contributed by atoms with E-state index in [0.29, 0.717) is 17.8 Å². The predicted molar refractivity (Wildman–Crippen MR) is 94.1 cm³/mol. The van der Waals surface area contributed by atoms with Crippen LogP contribution in [-0.2, 0) is 4.79 Å². The smallest absolute Gasteiger partial charge is 0.241 e. The minimum Gasteiger partial charge on any atom is -0.390 e. The van der Waals surface area contributed by atoms with Crippen molar-refractivity contribution in [3.05, 3.63) is 0 Å². The van der Waals surface area contributed by atoms with E-state index in [2.05, 4.69) is 13.0 Å². The summed E-state index contributed by atoms with van der Waals surface area (Å²) in [4.78, 5) is 15.1. The number of carbonyl (C=O) groups is 1. The van der Waals surface area contributed by atoms with Crippen molar-refractivity contribution in [2.24, 2.45) is 28.9 Å². The van der Waals surface area contributed by atoms with Gasteiger partial charge in [0.15, 0.2) is 0 Å². The summed E-state index contributed by atoms with van der Waals surface area (Å²) in [5.41, 5.74) is 5.88. The van der Waals surface area contributed by atoms with Gasteiger partial charge in [0.2, 0.25) is 5.91 Å². The fourth-order valence-electron chi connectivity index (χ4n) is 6.58. The summed E-state index contributed by atoms with van der Waals surface area (Å²) in [6.45, 7) is 4.10. The number of rotatable bonds is 3. The predicted octanol–water partition coefficient (Wildman–Crippen LogP) is 2.18. The topological polar surface area (TPSA) is 90.4 Å². The first-order chi connectivity index (χ1) is 11.8. The molecule has 138 valence electrons. The van der Waals surface area contributed by atoms with Gasteiger partial charge in [0, 0.05) is 6.04 Å². The highest BCUT2D eigenvalue weighted by Gasteiger charge is 2.57. The van der Waals surface area contributed by atoms with Crippen molar-refractivity contribution in [2.45, 2.75) is 88.9 Å². The third kappa shape index (κ3) is 2.78. The first kappa shape index (κ1) is 17.3. The Balaban J connectivity index is 1.55. The Morgan fingerprint density at radius 2 is 1.92 bits per heavy atom. The maximum absolute atomic E-state index is 13.3. The van der Waals surface area contributed by atoms with Crippen molar-refractivity contribution in [2.75, 3.05) is 0 Å². The standard InChI is InChI=1S/C20H31N3O2/c1-3-20(9-12-4-13(10-20)8-19(2,25)7-12)17(22)18(24)23-15(11-21)5-14-6-16(14)23/h12-17,25H,3-10,22H2,1-2H3/t12?,13?,14?,15?,16?,17-,19?,20?/m1/s1. The van der Waals surface area contributed by atoms with Crippen molar-refractivity contribution in [3.8, 4) is 6.07 Å². The molecule has 1 amide bonds. The van der Waals surface area contributed by atoms with Gasteiger partial charge in [-0.2, -0.15) is 5.26 Å². The molecule has 4 fully saturated rings. The number of nitriles is 1. The first-order valence-corrected chi connectivity index (χ1v) is 9.98. The zero-order valence-electron chi connectivity index (χ0n) is 15.4. The van der Waals surface area contributed by atoms with Crippen molar-refractivity contribution >= 4 is 5.91 Å². The summed E-state index contributed by atoms with van der Waals surface area (Å²) < 4.78 is 0. The van der Waals surface area contributed by atoms with Crippen LogP contribution in [0.25, 0.3) is 0 Å². The number of fused-ring (bicyclic) bond motifs is 3. The second-order valence-electron chi connectivity index (χ2n) is 9.66. The summed E-state index contributed by atoms with van der Waals surface area (Å²) in [7, 11) is 0. The highest BCUT2D eigenvalue weighted by atomic mass is 16.3. The van der Waals surface area contributed by atoms with Crippen molar-refractivity contribution in [1.29, 1.82) is 5.26 Å². The van der Waals surface area contributed by atoms with E-state index in [1.807, 2.05) is 11.8 Å². The number of aliphatic hydroxyl groups is 1. The minimum absolute atomic E-state index is 0.00475. The zero-order valence-corrected chi connectivity index (χ0v) is 15.4. The van der Waals surface area contributed by atoms with E-state index >= 15 is 0 Å². The molecule has 3 saturated carbocycles. The highest BCUT2D eigenvalue weighted by molar-refractivity contribution is 5.84. The number of amides is 1. The van der Waals surface area contributed by atoms with Gasteiger partial charge in [-0.15, -0.1) is 0 Å². The van der Waals surface area contributed by atoms with Crippen LogP contribution < -0.4 is 5.73 Å². The monoisotopic (exact) mass is 345 g/mol. The van der Waals surface area contributed by atoms with Gasteiger partial charge in [-0.25, -0.2) is 0 Å². The fraction of sp³-hybridized carbons (Fsp3) is 0.900. The molecule has 2 bridgehead atoms. The molecule has 3 aliphatic carbocycles. The number of nitrogens with zero attached hydrogens (tertiary/aromatic N) is 2. The van der Waals surface area contributed by atoms with E-state index in [0.717, 1.165) is 51.4 Å². The summed E-state index contributed by atoms with van der Waals surface area (Å²) in [6, 6.07) is 1.79. The number of carbonyl (C=O) groups excluding carboxylic acids is 1. The van der Waals surface area contributed by atoms with Crippen LogP contribution in [0.2, 0.25) is 0 Å². The number of piperidine rings is 1. The van der Waals surface area contributed by atoms with Crippen LogP contribution in [0.3, 0.4) is 0 Å². The maximum atomic E-state index is 13.3. The highest BCUT2D eigenvalue weighted by Crippen LogP contribution is 2.55. The fourth-order valence-corrected chi connectivity index (χ4v) is 6.58. The first-order valence-electron chi connectivity index (χ1n) is 9.98. The van der Waals surface area contributed by atoms with Crippen LogP contribution in [0.5, 0.6) is 0 Å². The Bertz CT molecular complexity index is 595. The van der Waals surface area contributed by atoms with Crippen LogP contribution in [0.1, 0.15) is 65.2 Å². The van der Waals surface area contributed by atoms with E-state index in [4.69, 9.17) is 5.73 Å². The quantitative estimate of drug-likeness (QED) is 0.820. The van der Waals surface area contributed by atoms with E-state index < -0.39 is 11.6 Å². The summed E-state index contributed by atoms with van der Waals surface area (Å²) in [5.74, 6) is 1.45. The second kappa shape index (κ2) is 5.69. The molecule has 0 aromatic rings. The second-order valence-corrected chi connectivity index (χ2v) is 9.66. The molecule has 0 aromatic heterocycles. The third-order valence-electron chi connectivity index (χ3n) is 7.65. The number of likely N-dealkylation sites (tertiary alicyclic amines) is 1. The van der Waals surface area contributed by atoms with Crippen LogP contribution >= 0.6 is 0 Å². The molecule has 0 radical (unpaired) electrons. The molecule has 4 rings (SSSR count). The molecule has 4 aliphatic rings. The average molecular weight is 345 g/mol. The van der Waals surface area contributed by atoms with Gasteiger partial charge in [-0.1, -0.05) is 6.92 Å². The molecule has 6 atom stereocenters. The molecule has 3 N–H and O–H groups in total. The number of hydrogen-bond donors (Lipinski definition) is 2. The van der Waals surface area contributed by atoms with Crippen LogP contribution in [0.15, 0.2) is 0 Å². The molecule has 1 heterocycles. The van der Waals surface area contributed by atoms with Gasteiger partial charge in [0.25, 0.3) is 0 Å². The SMILES string of the molecule is CCC1([C@H](N)C(=O)N2C(C#N)CC3CC32)CC2CC(CC(C)(O)C2)C1. The number of hydrogen-bond acceptors (Lipinski definition) is 4. The van der Waals surface area contributed by atoms with Gasteiger partial charge in [-0.05, 0) is 81.5 Å². The Kier molecular flexibility index (Phi) is 3.94. The Morgan fingerprint density at radius 3 is 2.48 bits per heavy atom. The van der Waals surface area contributed by atoms with E-state index in [1.54, 1.807) is 0 Å². The number of nitrogens with two attached hydrogens (primary N) is 1. The lowest BCUT2D eigenvalue weighted by atomic mass is 9.55. The van der Waals surface area contributed by atoms with Crippen LogP contribution in [0, 0.1) is 34.5 Å². The summed E-state index contributed by atoms with van der Waals surface area (Å²) in [5, 5.41) is 19.9. The van der Waals surface area contributed by atoms with Gasteiger partial charge in [0.05, 0.1) is 17.7 Å². The molecule has 5 nitrogen and oxygen atoms in total. The van der Waals surface area contributed by atoms with Crippen LogP contribution in [0.4, 0.5) is 0 Å². The lowest BCUT2D eigenvalue weighted by Crippen LogP contribution is -2.58. The van der Waals surface area contributed by atoms with Gasteiger partial charge < -0.3 is 15.7 Å². The average Bonchev–Trinajstić information content (AvgIpc) is 3.21. The summed E-state index contributed by atoms with van der Waals surface area (Å²) >= 11 is 0. The van der Waals surface area contributed by atoms with E-state index in [-0.39, 0.29) is 23.4 Å². The lowest BCUT2D eigenvalue weighted by Gasteiger charge is -2.53. The van der Waals surface area contributed by atoms with Crippen molar-refractivity contribution in [1.82, 2.24) is 4.90 Å². The summed E-state index contributed by atoms with van der Waals surface area (Å²) in [6.07, 6.45) is 7.44. The van der Waals surface area contributed by atoms with E-state index in [9.17, 15) is 15.2 Å². The van der Waals surface area contributed by atoms with Crippen molar-refractivity contribution in [3.63, 3.8) is 0 Å². The minimum atomic E-state index is -0.566. The zero-order chi connectivity index (χ0) is 18.0. The molecular formula is C20H31N3O2. The van der Waals surface area contributed by atoms with Crippen molar-refractivity contribution < 1.29 is 9.90 Å². The molecule has 1 saturated heterocycles. The molecule has 0 spiro atoms. The Labute approximate surface area is 150 Å². The normalized spacial score (nSPS) is 49.2.